The van der Waals surface area contributed by atoms with Gasteiger partial charge in [0.05, 0.1) is 24.6 Å². The van der Waals surface area contributed by atoms with Crippen LogP contribution in [0.15, 0.2) is 47.1 Å². The molecule has 0 aliphatic carbocycles. The summed E-state index contributed by atoms with van der Waals surface area (Å²) in [6, 6.07) is 8.78. The highest BCUT2D eigenvalue weighted by molar-refractivity contribution is 6.02. The molecule has 0 radical (unpaired) electrons. The lowest BCUT2D eigenvalue weighted by molar-refractivity contribution is -0.693. The Bertz CT molecular complexity index is 741. The Morgan fingerprint density at radius 3 is 2.64 bits per heavy atom. The predicted molar refractivity (Wildman–Crippen MR) is 84.2 cm³/mol. The van der Waals surface area contributed by atoms with Gasteiger partial charge in [0.15, 0.2) is 11.8 Å². The molecule has 132 valence electrons. The van der Waals surface area contributed by atoms with E-state index in [0.29, 0.717) is 5.76 Å². The number of methoxy groups -OCH3 is 1. The van der Waals surface area contributed by atoms with Crippen LogP contribution in [0.2, 0.25) is 0 Å². The molecule has 3 N–H and O–H groups in total. The van der Waals surface area contributed by atoms with Crippen molar-refractivity contribution in [2.45, 2.75) is 19.0 Å². The summed E-state index contributed by atoms with van der Waals surface area (Å²) in [7, 11) is 1.23. The van der Waals surface area contributed by atoms with Crippen LogP contribution in [0.1, 0.15) is 22.5 Å². The summed E-state index contributed by atoms with van der Waals surface area (Å²) in [5, 5.41) is 15.0. The number of nitrogens with one attached hydrogen (secondary N) is 1. The zero-order valence-electron chi connectivity index (χ0n) is 13.6. The highest BCUT2D eigenvalue weighted by Gasteiger charge is 2.24. The number of carbonyl (C=O) groups is 3. The molecule has 8 heteroatoms. The van der Waals surface area contributed by atoms with E-state index in [1.807, 2.05) is 0 Å². The van der Waals surface area contributed by atoms with E-state index in [1.54, 1.807) is 24.3 Å². The molecule has 0 aliphatic rings. The number of esters is 1. The number of para-hydroxylation sites is 1. The summed E-state index contributed by atoms with van der Waals surface area (Å²) in [6.45, 7) is 0.289. The van der Waals surface area contributed by atoms with Crippen LogP contribution in [0.25, 0.3) is 0 Å². The molecule has 25 heavy (non-hydrogen) atoms. The van der Waals surface area contributed by atoms with E-state index in [-0.39, 0.29) is 17.8 Å². The Morgan fingerprint density at radius 1 is 1.24 bits per heavy atom. The van der Waals surface area contributed by atoms with Crippen molar-refractivity contribution in [1.82, 2.24) is 0 Å². The van der Waals surface area contributed by atoms with Crippen molar-refractivity contribution >= 4 is 23.5 Å². The second kappa shape index (κ2) is 8.65. The number of amides is 1. The molecule has 0 saturated heterocycles. The van der Waals surface area contributed by atoms with Gasteiger partial charge in [-0.1, -0.05) is 12.1 Å². The first kappa shape index (κ1) is 18.2. The number of furan rings is 1. The topological polar surface area (TPSA) is 125 Å². The van der Waals surface area contributed by atoms with E-state index in [4.69, 9.17) is 4.42 Å². The maximum Gasteiger partial charge on any atom is 0.339 e. The van der Waals surface area contributed by atoms with Crippen molar-refractivity contribution in [2.75, 3.05) is 12.4 Å². The normalized spacial score (nSPS) is 11.6. The van der Waals surface area contributed by atoms with E-state index >= 15 is 0 Å². The molecule has 1 heterocycles. The second-order valence-corrected chi connectivity index (χ2v) is 5.23. The fraction of sp³-hybridized carbons (Fsp3) is 0.235. The molecule has 1 atom stereocenters. The molecule has 0 saturated carbocycles. The lowest BCUT2D eigenvalue weighted by Gasteiger charge is -2.16. The molecule has 2 aromatic rings. The number of ether oxygens (including phenoxy) is 1. The highest BCUT2D eigenvalue weighted by atomic mass is 16.5. The quantitative estimate of drug-likeness (QED) is 0.608. The number of carboxylic acids is 1. The Balaban J connectivity index is 2.11. The van der Waals surface area contributed by atoms with Gasteiger partial charge in [0, 0.05) is 12.4 Å². The first-order valence-electron chi connectivity index (χ1n) is 7.55. The third-order valence-electron chi connectivity index (χ3n) is 3.50. The average Bonchev–Trinajstić information content (AvgIpc) is 3.11. The summed E-state index contributed by atoms with van der Waals surface area (Å²) in [6.07, 6.45) is 1.01. The van der Waals surface area contributed by atoms with Crippen molar-refractivity contribution in [3.63, 3.8) is 0 Å². The number of hydrogen-bond acceptors (Lipinski definition) is 6. The number of aliphatic carboxylic acids is 1. The smallest absolute Gasteiger partial charge is 0.339 e. The first-order chi connectivity index (χ1) is 12.0. The zero-order valence-corrected chi connectivity index (χ0v) is 13.6. The molecule has 0 unspecified atom stereocenters. The average molecular weight is 346 g/mol. The summed E-state index contributed by atoms with van der Waals surface area (Å²) in [5.74, 6) is -1.91. The molecule has 0 spiro atoms. The maximum atomic E-state index is 12.5. The number of rotatable bonds is 8. The minimum absolute atomic E-state index is 0.177. The van der Waals surface area contributed by atoms with Crippen LogP contribution in [-0.4, -0.2) is 31.0 Å². The number of carboxylic acid groups (broad SMARTS) is 1. The standard InChI is InChI=1S/C17H18N2O6/c1-24-17(23)12-6-2-3-7-13(12)19-16(22)14(9-15(20)21)18-10-11-5-4-8-25-11/h2-8,14,18H,9-10H2,1H3,(H,19,22)(H,20,21)/t14-/m1/s1. The number of carbonyl (C=O) groups excluding carboxylic acids is 3. The molecule has 1 aromatic carbocycles. The van der Waals surface area contributed by atoms with E-state index in [9.17, 15) is 19.5 Å². The van der Waals surface area contributed by atoms with Crippen LogP contribution in [0.4, 0.5) is 5.69 Å². The molecule has 2 rings (SSSR count). The third kappa shape index (κ3) is 5.18. The van der Waals surface area contributed by atoms with Gasteiger partial charge in [-0.25, -0.2) is 4.79 Å². The van der Waals surface area contributed by atoms with E-state index < -0.39 is 30.3 Å². The van der Waals surface area contributed by atoms with Gasteiger partial charge in [-0.15, -0.1) is 0 Å². The number of nitrogens with two attached hydrogens (primary N) is 1. The molecular weight excluding hydrogens is 328 g/mol. The monoisotopic (exact) mass is 346 g/mol. The molecular formula is C17H18N2O6. The van der Waals surface area contributed by atoms with Crippen LogP contribution in [0.5, 0.6) is 0 Å². The predicted octanol–water partition coefficient (Wildman–Crippen LogP) is -0.723. The van der Waals surface area contributed by atoms with Crippen molar-refractivity contribution in [3.8, 4) is 0 Å². The minimum Gasteiger partial charge on any atom is -0.550 e. The number of anilines is 1. The summed E-state index contributed by atoms with van der Waals surface area (Å²) >= 11 is 0. The lowest BCUT2D eigenvalue weighted by atomic mass is 10.1. The third-order valence-corrected chi connectivity index (χ3v) is 3.50. The molecule has 1 amide bonds. The van der Waals surface area contributed by atoms with Crippen LogP contribution >= 0.6 is 0 Å². The Kier molecular flexibility index (Phi) is 6.30. The Morgan fingerprint density at radius 2 is 2.00 bits per heavy atom. The summed E-state index contributed by atoms with van der Waals surface area (Å²) in [5.41, 5.74) is 0.422. The molecule has 0 aliphatic heterocycles. The largest absolute Gasteiger partial charge is 0.550 e. The summed E-state index contributed by atoms with van der Waals surface area (Å²) in [4.78, 5) is 35.1. The first-order valence-corrected chi connectivity index (χ1v) is 7.55. The Labute approximate surface area is 143 Å². The van der Waals surface area contributed by atoms with Gasteiger partial charge in [-0.2, -0.15) is 0 Å². The number of benzene rings is 1. The van der Waals surface area contributed by atoms with Crippen LogP contribution in [-0.2, 0) is 20.9 Å². The van der Waals surface area contributed by atoms with Crippen LogP contribution < -0.4 is 15.7 Å². The van der Waals surface area contributed by atoms with Gasteiger partial charge in [0.25, 0.3) is 5.91 Å². The SMILES string of the molecule is COC(=O)c1ccccc1NC(=O)[C@@H](CC(=O)[O-])[NH2+]Cc1ccco1. The second-order valence-electron chi connectivity index (χ2n) is 5.23. The van der Waals surface area contributed by atoms with Crippen LogP contribution in [0.3, 0.4) is 0 Å². The summed E-state index contributed by atoms with van der Waals surface area (Å²) < 4.78 is 9.83. The van der Waals surface area contributed by atoms with Crippen molar-refractivity contribution < 1.29 is 34.0 Å². The van der Waals surface area contributed by atoms with E-state index in [2.05, 4.69) is 10.1 Å². The lowest BCUT2D eigenvalue weighted by Crippen LogP contribution is -2.91. The zero-order chi connectivity index (χ0) is 18.2. The van der Waals surface area contributed by atoms with Crippen molar-refractivity contribution in [3.05, 3.63) is 54.0 Å². The van der Waals surface area contributed by atoms with Crippen LogP contribution in [0, 0.1) is 0 Å². The van der Waals surface area contributed by atoms with Gasteiger partial charge < -0.3 is 29.7 Å². The highest BCUT2D eigenvalue weighted by Crippen LogP contribution is 2.16. The van der Waals surface area contributed by atoms with Gasteiger partial charge in [0.2, 0.25) is 0 Å². The maximum absolute atomic E-state index is 12.5. The van der Waals surface area contributed by atoms with Gasteiger partial charge in [0.1, 0.15) is 6.54 Å². The van der Waals surface area contributed by atoms with E-state index in [0.717, 1.165) is 0 Å². The van der Waals surface area contributed by atoms with Gasteiger partial charge in [-0.3, -0.25) is 4.79 Å². The molecule has 8 nitrogen and oxygen atoms in total. The fourth-order valence-corrected chi connectivity index (χ4v) is 2.26. The van der Waals surface area contributed by atoms with Crippen molar-refractivity contribution in [1.29, 1.82) is 0 Å². The van der Waals surface area contributed by atoms with Gasteiger partial charge >= 0.3 is 5.97 Å². The number of quaternary nitrogens is 1. The fourth-order valence-electron chi connectivity index (χ4n) is 2.26. The minimum atomic E-state index is -1.35. The van der Waals surface area contributed by atoms with E-state index in [1.165, 1.54) is 30.8 Å². The Hall–Kier alpha value is -3.13. The van der Waals surface area contributed by atoms with Crippen molar-refractivity contribution in [2.24, 2.45) is 0 Å². The molecule has 1 aromatic heterocycles. The molecule has 0 fully saturated rings. The van der Waals surface area contributed by atoms with Gasteiger partial charge in [-0.05, 0) is 24.3 Å². The number of hydrogen-bond donors (Lipinski definition) is 2. The molecule has 0 bridgehead atoms.